The number of thiocarbonyl (C=S) groups is 1. The molecule has 92 valence electrons. The van der Waals surface area contributed by atoms with Crippen molar-refractivity contribution >= 4 is 23.1 Å². The van der Waals surface area contributed by atoms with Crippen LogP contribution in [0, 0.1) is 5.92 Å². The third-order valence-corrected chi connectivity index (χ3v) is 3.22. The summed E-state index contributed by atoms with van der Waals surface area (Å²) < 4.78 is 0. The van der Waals surface area contributed by atoms with Crippen molar-refractivity contribution in [2.24, 2.45) is 11.7 Å². The molecule has 1 aliphatic rings. The molecule has 0 bridgehead atoms. The van der Waals surface area contributed by atoms with E-state index in [4.69, 9.17) is 5.73 Å². The van der Waals surface area contributed by atoms with Gasteiger partial charge in [0.15, 0.2) is 0 Å². The Kier molecular flexibility index (Phi) is 5.69. The lowest BCUT2D eigenvalue weighted by molar-refractivity contribution is -0.120. The minimum absolute atomic E-state index is 0.0505. The summed E-state index contributed by atoms with van der Waals surface area (Å²) in [4.78, 5) is 14.0. The fourth-order valence-electron chi connectivity index (χ4n) is 1.99. The van der Waals surface area contributed by atoms with Gasteiger partial charge in [-0.25, -0.2) is 0 Å². The molecule has 0 aliphatic carbocycles. The fraction of sp³-hybridized carbons (Fsp3) is 0.818. The molecule has 0 aromatic carbocycles. The van der Waals surface area contributed by atoms with E-state index < -0.39 is 0 Å². The SMILES string of the molecule is CCN1CCC(CNC(=O)CC(N)=S)CC1. The van der Waals surface area contributed by atoms with Gasteiger partial charge < -0.3 is 16.0 Å². The monoisotopic (exact) mass is 243 g/mol. The Morgan fingerprint density at radius 2 is 2.12 bits per heavy atom. The van der Waals surface area contributed by atoms with Crippen LogP contribution in [-0.2, 0) is 4.79 Å². The lowest BCUT2D eigenvalue weighted by Gasteiger charge is -2.31. The molecule has 1 saturated heterocycles. The lowest BCUT2D eigenvalue weighted by Crippen LogP contribution is -2.39. The lowest BCUT2D eigenvalue weighted by atomic mass is 9.97. The van der Waals surface area contributed by atoms with Gasteiger partial charge in [0.25, 0.3) is 0 Å². The van der Waals surface area contributed by atoms with E-state index in [0.29, 0.717) is 5.92 Å². The van der Waals surface area contributed by atoms with Gasteiger partial charge in [-0.2, -0.15) is 0 Å². The van der Waals surface area contributed by atoms with Crippen molar-refractivity contribution in [2.45, 2.75) is 26.2 Å². The van der Waals surface area contributed by atoms with E-state index in [9.17, 15) is 4.79 Å². The average molecular weight is 243 g/mol. The predicted octanol–water partition coefficient (Wildman–Crippen LogP) is 0.511. The average Bonchev–Trinajstić information content (AvgIpc) is 2.26. The van der Waals surface area contributed by atoms with Gasteiger partial charge in [-0.05, 0) is 38.4 Å². The number of rotatable bonds is 5. The van der Waals surface area contributed by atoms with E-state index in [0.717, 1.165) is 26.2 Å². The van der Waals surface area contributed by atoms with E-state index >= 15 is 0 Å². The van der Waals surface area contributed by atoms with Gasteiger partial charge in [0.1, 0.15) is 0 Å². The van der Waals surface area contributed by atoms with Gasteiger partial charge in [0.05, 0.1) is 11.4 Å². The Morgan fingerprint density at radius 1 is 1.50 bits per heavy atom. The molecule has 0 aromatic heterocycles. The van der Waals surface area contributed by atoms with Crippen molar-refractivity contribution in [3.63, 3.8) is 0 Å². The number of nitrogens with two attached hydrogens (primary N) is 1. The highest BCUT2D eigenvalue weighted by atomic mass is 32.1. The van der Waals surface area contributed by atoms with Gasteiger partial charge in [-0.1, -0.05) is 19.1 Å². The number of carbonyl (C=O) groups is 1. The first-order chi connectivity index (χ1) is 7.61. The summed E-state index contributed by atoms with van der Waals surface area (Å²) in [6, 6.07) is 0. The maximum atomic E-state index is 11.3. The van der Waals surface area contributed by atoms with E-state index in [2.05, 4.69) is 29.4 Å². The fourth-order valence-corrected chi connectivity index (χ4v) is 2.12. The third-order valence-electron chi connectivity index (χ3n) is 3.08. The zero-order chi connectivity index (χ0) is 12.0. The number of likely N-dealkylation sites (tertiary alicyclic amines) is 1. The molecule has 1 amide bonds. The quantitative estimate of drug-likeness (QED) is 0.691. The summed E-state index contributed by atoms with van der Waals surface area (Å²) in [5, 5.41) is 2.89. The van der Waals surface area contributed by atoms with Crippen LogP contribution in [0.2, 0.25) is 0 Å². The first kappa shape index (κ1) is 13.4. The first-order valence-electron chi connectivity index (χ1n) is 5.89. The maximum absolute atomic E-state index is 11.3. The van der Waals surface area contributed by atoms with Crippen LogP contribution in [0.4, 0.5) is 0 Å². The van der Waals surface area contributed by atoms with Crippen molar-refractivity contribution in [2.75, 3.05) is 26.2 Å². The van der Waals surface area contributed by atoms with Crippen LogP contribution in [0.1, 0.15) is 26.2 Å². The van der Waals surface area contributed by atoms with Crippen LogP contribution in [0.3, 0.4) is 0 Å². The molecule has 0 spiro atoms. The van der Waals surface area contributed by atoms with Crippen LogP contribution < -0.4 is 11.1 Å². The number of hydrogen-bond donors (Lipinski definition) is 2. The Labute approximate surface area is 103 Å². The zero-order valence-corrected chi connectivity index (χ0v) is 10.7. The van der Waals surface area contributed by atoms with Gasteiger partial charge in [-0.15, -0.1) is 0 Å². The molecule has 1 aliphatic heterocycles. The van der Waals surface area contributed by atoms with E-state index in [1.165, 1.54) is 12.8 Å². The Balaban J connectivity index is 2.14. The summed E-state index contributed by atoms with van der Waals surface area (Å²) in [7, 11) is 0. The van der Waals surface area contributed by atoms with Crippen molar-refractivity contribution in [1.82, 2.24) is 10.2 Å². The second-order valence-electron chi connectivity index (χ2n) is 4.32. The summed E-state index contributed by atoms with van der Waals surface area (Å²) in [5.74, 6) is 0.559. The molecule has 0 radical (unpaired) electrons. The van der Waals surface area contributed by atoms with Crippen LogP contribution in [0.25, 0.3) is 0 Å². The number of carbonyl (C=O) groups excluding carboxylic acids is 1. The molecule has 0 aromatic rings. The smallest absolute Gasteiger partial charge is 0.226 e. The molecule has 4 nitrogen and oxygen atoms in total. The number of piperidine rings is 1. The minimum atomic E-state index is -0.0505. The van der Waals surface area contributed by atoms with E-state index in [1.54, 1.807) is 0 Å². The summed E-state index contributed by atoms with van der Waals surface area (Å²) in [6.07, 6.45) is 2.51. The number of nitrogens with zero attached hydrogens (tertiary/aromatic N) is 1. The molecule has 3 N–H and O–H groups in total. The highest BCUT2D eigenvalue weighted by Crippen LogP contribution is 2.15. The number of amides is 1. The van der Waals surface area contributed by atoms with Gasteiger partial charge in [0, 0.05) is 6.54 Å². The van der Waals surface area contributed by atoms with Crippen molar-refractivity contribution in [3.8, 4) is 0 Å². The predicted molar refractivity (Wildman–Crippen MR) is 69.3 cm³/mol. The van der Waals surface area contributed by atoms with Gasteiger partial charge >= 0.3 is 0 Å². The maximum Gasteiger partial charge on any atom is 0.226 e. The molecule has 1 heterocycles. The van der Waals surface area contributed by atoms with Crippen LogP contribution in [0.5, 0.6) is 0 Å². The molecule has 5 heteroatoms. The van der Waals surface area contributed by atoms with Gasteiger partial charge in [0.2, 0.25) is 5.91 Å². The summed E-state index contributed by atoms with van der Waals surface area (Å²) in [6.45, 7) is 6.36. The molecule has 1 rings (SSSR count). The van der Waals surface area contributed by atoms with Gasteiger partial charge in [-0.3, -0.25) is 4.79 Å². The molecular formula is C11H21N3OS. The minimum Gasteiger partial charge on any atom is -0.393 e. The number of hydrogen-bond acceptors (Lipinski definition) is 3. The normalized spacial score (nSPS) is 18.3. The molecule has 0 atom stereocenters. The zero-order valence-electron chi connectivity index (χ0n) is 9.87. The molecule has 16 heavy (non-hydrogen) atoms. The first-order valence-corrected chi connectivity index (χ1v) is 6.30. The van der Waals surface area contributed by atoms with Crippen LogP contribution >= 0.6 is 12.2 Å². The second-order valence-corrected chi connectivity index (χ2v) is 4.85. The number of nitrogens with one attached hydrogen (secondary N) is 1. The molecule has 0 unspecified atom stereocenters. The van der Waals surface area contributed by atoms with Crippen LogP contribution in [0.15, 0.2) is 0 Å². The standard InChI is InChI=1S/C11H21N3OS/c1-2-14-5-3-9(4-6-14)8-13-11(15)7-10(12)16/h9H,2-8H2,1H3,(H2,12,16)(H,13,15). The Morgan fingerprint density at radius 3 is 2.62 bits per heavy atom. The van der Waals surface area contributed by atoms with Crippen LogP contribution in [-0.4, -0.2) is 42.0 Å². The van der Waals surface area contributed by atoms with Crippen molar-refractivity contribution < 1.29 is 4.79 Å². The molecular weight excluding hydrogens is 222 g/mol. The Hall–Kier alpha value is -0.680. The Bertz CT molecular complexity index is 250. The highest BCUT2D eigenvalue weighted by molar-refractivity contribution is 7.80. The second kappa shape index (κ2) is 6.81. The van der Waals surface area contributed by atoms with Crippen molar-refractivity contribution in [3.05, 3.63) is 0 Å². The summed E-state index contributed by atoms with van der Waals surface area (Å²) >= 11 is 4.68. The molecule has 1 fully saturated rings. The summed E-state index contributed by atoms with van der Waals surface area (Å²) in [5.41, 5.74) is 5.30. The highest BCUT2D eigenvalue weighted by Gasteiger charge is 2.18. The largest absolute Gasteiger partial charge is 0.393 e. The third kappa shape index (κ3) is 4.90. The van der Waals surface area contributed by atoms with E-state index in [1.807, 2.05) is 0 Å². The van der Waals surface area contributed by atoms with E-state index in [-0.39, 0.29) is 17.3 Å². The molecule has 0 saturated carbocycles. The van der Waals surface area contributed by atoms with Crippen molar-refractivity contribution in [1.29, 1.82) is 0 Å². The topological polar surface area (TPSA) is 58.4 Å².